The number of halogens is 1. The molecule has 0 bridgehead atoms. The average molecular weight is 373 g/mol. The first-order chi connectivity index (χ1) is 10.9. The van der Waals surface area contributed by atoms with Crippen LogP contribution in [0.1, 0.15) is 12.8 Å². The number of hydrogen-bond donors (Lipinski definition) is 1. The number of carbonyl (C=O) groups is 1. The maximum absolute atomic E-state index is 12.6. The fraction of sp³-hybridized carbons (Fsp3) is 0.286. The predicted octanol–water partition coefficient (Wildman–Crippen LogP) is 2.70. The van der Waals surface area contributed by atoms with Crippen LogP contribution in [-0.2, 0) is 14.8 Å². The van der Waals surface area contributed by atoms with Gasteiger partial charge in [-0.05, 0) is 25.0 Å². The van der Waals surface area contributed by atoms with Crippen molar-refractivity contribution in [3.63, 3.8) is 0 Å². The molecule has 0 aliphatic carbocycles. The third kappa shape index (κ3) is 3.12. The Labute approximate surface area is 142 Å². The van der Waals surface area contributed by atoms with Gasteiger partial charge in [-0.2, -0.15) is 4.31 Å². The predicted molar refractivity (Wildman–Crippen MR) is 87.1 cm³/mol. The van der Waals surface area contributed by atoms with Crippen LogP contribution in [0.4, 0.5) is 0 Å². The molecule has 1 saturated heterocycles. The van der Waals surface area contributed by atoms with Gasteiger partial charge in [-0.3, -0.25) is 4.79 Å². The van der Waals surface area contributed by atoms with Crippen LogP contribution < -0.4 is 0 Å². The van der Waals surface area contributed by atoms with E-state index in [-0.39, 0.29) is 11.6 Å². The second-order valence-corrected chi connectivity index (χ2v) is 8.24. The number of hydrogen-bond acceptors (Lipinski definition) is 5. The minimum Gasteiger partial charge on any atom is -0.480 e. The summed E-state index contributed by atoms with van der Waals surface area (Å²) in [6.07, 6.45) is 0.854. The van der Waals surface area contributed by atoms with Gasteiger partial charge < -0.3 is 5.11 Å². The molecule has 0 spiro atoms. The van der Waals surface area contributed by atoms with Crippen LogP contribution in [0.25, 0.3) is 10.6 Å². The molecule has 1 aliphatic heterocycles. The molecule has 1 atom stereocenters. The highest BCUT2D eigenvalue weighted by Crippen LogP contribution is 2.30. The zero-order valence-corrected chi connectivity index (χ0v) is 14.2. The highest BCUT2D eigenvalue weighted by molar-refractivity contribution is 7.89. The van der Waals surface area contributed by atoms with E-state index >= 15 is 0 Å². The van der Waals surface area contributed by atoms with Gasteiger partial charge in [-0.1, -0.05) is 23.7 Å². The smallest absolute Gasteiger partial charge is 0.322 e. The number of sulfonamides is 1. The van der Waals surface area contributed by atoms with Crippen molar-refractivity contribution in [2.75, 3.05) is 6.54 Å². The normalized spacial score (nSPS) is 19.1. The molecule has 0 saturated carbocycles. The molecular weight excluding hydrogens is 360 g/mol. The Morgan fingerprint density at radius 2 is 2.04 bits per heavy atom. The molecule has 1 aromatic heterocycles. The number of aromatic nitrogens is 1. The monoisotopic (exact) mass is 372 g/mol. The van der Waals surface area contributed by atoms with Crippen LogP contribution in [0.3, 0.4) is 0 Å². The molecule has 1 unspecified atom stereocenters. The lowest BCUT2D eigenvalue weighted by molar-refractivity contribution is -0.140. The van der Waals surface area contributed by atoms with Gasteiger partial charge in [0.25, 0.3) is 10.0 Å². The zero-order chi connectivity index (χ0) is 16.6. The lowest BCUT2D eigenvalue weighted by Gasteiger charge is -2.19. The highest BCUT2D eigenvalue weighted by Gasteiger charge is 2.40. The molecule has 0 amide bonds. The number of aliphatic carboxylic acids is 1. The van der Waals surface area contributed by atoms with Gasteiger partial charge in [-0.25, -0.2) is 13.4 Å². The minimum absolute atomic E-state index is 0.111. The van der Waals surface area contributed by atoms with Crippen LogP contribution in [0.15, 0.2) is 34.7 Å². The van der Waals surface area contributed by atoms with Gasteiger partial charge in [0.15, 0.2) is 5.03 Å². The Morgan fingerprint density at radius 3 is 2.70 bits per heavy atom. The number of thiazole rings is 1. The Hall–Kier alpha value is -1.48. The molecule has 1 aromatic carbocycles. The highest BCUT2D eigenvalue weighted by atomic mass is 35.5. The summed E-state index contributed by atoms with van der Waals surface area (Å²) >= 11 is 7.03. The Balaban J connectivity index is 1.92. The van der Waals surface area contributed by atoms with E-state index in [0.717, 1.165) is 9.87 Å². The van der Waals surface area contributed by atoms with Crippen molar-refractivity contribution in [3.05, 3.63) is 34.7 Å². The molecule has 1 N–H and O–H groups in total. The molecular formula is C14H13ClN2O4S2. The molecule has 23 heavy (non-hydrogen) atoms. The van der Waals surface area contributed by atoms with Crippen LogP contribution in [0.5, 0.6) is 0 Å². The van der Waals surface area contributed by atoms with E-state index in [1.807, 2.05) is 0 Å². The first-order valence-corrected chi connectivity index (χ1v) is 9.55. The van der Waals surface area contributed by atoms with Crippen molar-refractivity contribution in [1.82, 2.24) is 9.29 Å². The number of benzene rings is 1. The summed E-state index contributed by atoms with van der Waals surface area (Å²) in [4.78, 5) is 15.4. The van der Waals surface area contributed by atoms with E-state index < -0.39 is 22.0 Å². The van der Waals surface area contributed by atoms with Gasteiger partial charge in [-0.15, -0.1) is 11.3 Å². The van der Waals surface area contributed by atoms with Crippen molar-refractivity contribution in [1.29, 1.82) is 0 Å². The van der Waals surface area contributed by atoms with E-state index in [1.54, 1.807) is 24.3 Å². The van der Waals surface area contributed by atoms with Crippen molar-refractivity contribution >= 4 is 38.9 Å². The maximum Gasteiger partial charge on any atom is 0.322 e. The Bertz CT molecular complexity index is 833. The van der Waals surface area contributed by atoms with E-state index in [4.69, 9.17) is 16.7 Å². The number of carboxylic acids is 1. The second kappa shape index (κ2) is 6.20. The van der Waals surface area contributed by atoms with E-state index in [2.05, 4.69) is 4.98 Å². The summed E-state index contributed by atoms with van der Waals surface area (Å²) in [5.41, 5.74) is 0.761. The number of nitrogens with zero attached hydrogens (tertiary/aromatic N) is 2. The molecule has 1 aliphatic rings. The lowest BCUT2D eigenvalue weighted by Crippen LogP contribution is -2.40. The van der Waals surface area contributed by atoms with Crippen molar-refractivity contribution in [2.45, 2.75) is 23.9 Å². The molecule has 2 heterocycles. The van der Waals surface area contributed by atoms with Crippen LogP contribution in [-0.4, -0.2) is 41.4 Å². The fourth-order valence-electron chi connectivity index (χ4n) is 2.50. The molecule has 6 nitrogen and oxygen atoms in total. The SMILES string of the molecule is O=C(O)C1CCCN1S(=O)(=O)c1csc(-c2ccc(Cl)cc2)n1. The molecule has 3 rings (SSSR count). The summed E-state index contributed by atoms with van der Waals surface area (Å²) in [5.74, 6) is -1.13. The van der Waals surface area contributed by atoms with Crippen molar-refractivity contribution < 1.29 is 18.3 Å². The summed E-state index contributed by atoms with van der Waals surface area (Å²) in [7, 11) is -3.90. The topological polar surface area (TPSA) is 87.6 Å². The molecule has 122 valence electrons. The van der Waals surface area contributed by atoms with Gasteiger partial charge in [0.1, 0.15) is 11.0 Å². The largest absolute Gasteiger partial charge is 0.480 e. The van der Waals surface area contributed by atoms with E-state index in [0.29, 0.717) is 22.9 Å². The first kappa shape index (κ1) is 16.4. The van der Waals surface area contributed by atoms with Gasteiger partial charge in [0.2, 0.25) is 0 Å². The standard InChI is InChI=1S/C14H13ClN2O4S2/c15-10-5-3-9(4-6-10)13-16-12(8-22-13)23(20,21)17-7-1-2-11(17)14(18)19/h3-6,8,11H,1-2,7H2,(H,18,19). The first-order valence-electron chi connectivity index (χ1n) is 6.86. The van der Waals surface area contributed by atoms with Crippen LogP contribution in [0, 0.1) is 0 Å². The molecule has 2 aromatic rings. The van der Waals surface area contributed by atoms with E-state index in [1.165, 1.54) is 16.7 Å². The Morgan fingerprint density at radius 1 is 1.35 bits per heavy atom. The molecule has 0 radical (unpaired) electrons. The van der Waals surface area contributed by atoms with Crippen molar-refractivity contribution in [2.24, 2.45) is 0 Å². The quantitative estimate of drug-likeness (QED) is 0.891. The summed E-state index contributed by atoms with van der Waals surface area (Å²) < 4.78 is 26.3. The van der Waals surface area contributed by atoms with Gasteiger partial charge >= 0.3 is 5.97 Å². The van der Waals surface area contributed by atoms with Crippen LogP contribution >= 0.6 is 22.9 Å². The molecule has 1 fully saturated rings. The second-order valence-electron chi connectivity index (χ2n) is 5.11. The van der Waals surface area contributed by atoms with E-state index in [9.17, 15) is 13.2 Å². The maximum atomic E-state index is 12.6. The summed E-state index contributed by atoms with van der Waals surface area (Å²) in [6, 6.07) is 5.91. The number of carboxylic acid groups (broad SMARTS) is 1. The summed E-state index contributed by atoms with van der Waals surface area (Å²) in [6.45, 7) is 0.201. The van der Waals surface area contributed by atoms with Crippen molar-refractivity contribution in [3.8, 4) is 10.6 Å². The average Bonchev–Trinajstić information content (AvgIpc) is 3.18. The third-order valence-corrected chi connectivity index (χ3v) is 6.72. The lowest BCUT2D eigenvalue weighted by atomic mass is 10.2. The minimum atomic E-state index is -3.90. The Kier molecular flexibility index (Phi) is 4.41. The van der Waals surface area contributed by atoms with Gasteiger partial charge in [0, 0.05) is 22.5 Å². The van der Waals surface area contributed by atoms with Crippen LogP contribution in [0.2, 0.25) is 5.02 Å². The zero-order valence-electron chi connectivity index (χ0n) is 11.8. The van der Waals surface area contributed by atoms with Gasteiger partial charge in [0.05, 0.1) is 0 Å². The third-order valence-electron chi connectivity index (χ3n) is 3.64. The fourth-order valence-corrected chi connectivity index (χ4v) is 5.35. The number of rotatable bonds is 4. The molecule has 9 heteroatoms. The summed E-state index contributed by atoms with van der Waals surface area (Å²) in [5, 5.41) is 11.6.